The number of hydrogen-bond acceptors (Lipinski definition) is 3. The van der Waals surface area contributed by atoms with Crippen LogP contribution in [0, 0.1) is 56.7 Å². The SMILES string of the molecule is CC(=O)OC1CCC23CC24CCC2(C)C(C(C)CCC5(C(C)C)CO5)CCC2(C)C4CCC3C1(C)C. The lowest BCUT2D eigenvalue weighted by Crippen LogP contribution is -2.58. The van der Waals surface area contributed by atoms with Crippen LogP contribution >= 0.6 is 0 Å². The molecule has 0 amide bonds. The zero-order valence-electron chi connectivity index (χ0n) is 24.7. The van der Waals surface area contributed by atoms with Crippen molar-refractivity contribution in [2.45, 2.75) is 138 Å². The highest BCUT2D eigenvalue weighted by atomic mass is 16.6. The largest absolute Gasteiger partial charge is 0.462 e. The number of fused-ring (bicyclic) bond motifs is 2. The highest BCUT2D eigenvalue weighted by molar-refractivity contribution is 5.66. The number of epoxide rings is 1. The van der Waals surface area contributed by atoms with Gasteiger partial charge in [0, 0.05) is 12.3 Å². The van der Waals surface area contributed by atoms with Crippen LogP contribution in [0.2, 0.25) is 0 Å². The topological polar surface area (TPSA) is 38.8 Å². The van der Waals surface area contributed by atoms with Crippen molar-refractivity contribution in [1.29, 1.82) is 0 Å². The summed E-state index contributed by atoms with van der Waals surface area (Å²) in [5.41, 5.74) is 2.37. The molecule has 6 aliphatic rings. The Morgan fingerprint density at radius 1 is 0.889 bits per heavy atom. The van der Waals surface area contributed by atoms with E-state index < -0.39 is 0 Å². The lowest BCUT2D eigenvalue weighted by molar-refractivity contribution is -0.181. The molecule has 1 heterocycles. The first-order valence-electron chi connectivity index (χ1n) is 15.6. The molecular weight excluding hydrogens is 444 g/mol. The predicted octanol–water partition coefficient (Wildman–Crippen LogP) is 8.20. The molecule has 6 fully saturated rings. The molecular formula is C33H54O3. The smallest absolute Gasteiger partial charge is 0.302 e. The van der Waals surface area contributed by atoms with E-state index in [9.17, 15) is 4.79 Å². The van der Waals surface area contributed by atoms with Crippen LogP contribution in [0.4, 0.5) is 0 Å². The first kappa shape index (κ1) is 25.7. The molecule has 2 spiro atoms. The van der Waals surface area contributed by atoms with Crippen LogP contribution in [0.3, 0.4) is 0 Å². The Hall–Kier alpha value is -0.570. The summed E-state index contributed by atoms with van der Waals surface area (Å²) in [5, 5.41) is 0. The third kappa shape index (κ3) is 3.10. The van der Waals surface area contributed by atoms with Gasteiger partial charge in [0.2, 0.25) is 0 Å². The maximum Gasteiger partial charge on any atom is 0.302 e. The van der Waals surface area contributed by atoms with Gasteiger partial charge in [-0.15, -0.1) is 0 Å². The summed E-state index contributed by atoms with van der Waals surface area (Å²) in [4.78, 5) is 11.9. The van der Waals surface area contributed by atoms with Crippen molar-refractivity contribution < 1.29 is 14.3 Å². The molecule has 5 aliphatic carbocycles. The molecule has 5 saturated carbocycles. The van der Waals surface area contributed by atoms with E-state index in [1.54, 1.807) is 6.92 Å². The van der Waals surface area contributed by atoms with Crippen molar-refractivity contribution in [3.05, 3.63) is 0 Å². The summed E-state index contributed by atoms with van der Waals surface area (Å²) < 4.78 is 11.9. The Balaban J connectivity index is 1.22. The van der Waals surface area contributed by atoms with Gasteiger partial charge in [0.1, 0.15) is 6.10 Å². The lowest BCUT2D eigenvalue weighted by atomic mass is 9.41. The highest BCUT2D eigenvalue weighted by Crippen LogP contribution is 2.89. The second-order valence-corrected chi connectivity index (χ2v) is 16.1. The van der Waals surface area contributed by atoms with Crippen molar-refractivity contribution >= 4 is 5.97 Å². The summed E-state index contributed by atoms with van der Waals surface area (Å²) in [6.07, 6.45) is 15.0. The number of ether oxygens (including phenoxy) is 2. The molecule has 1 aliphatic heterocycles. The van der Waals surface area contributed by atoms with Crippen molar-refractivity contribution in [3.8, 4) is 0 Å². The number of hydrogen-bond donors (Lipinski definition) is 0. The van der Waals surface area contributed by atoms with Crippen LogP contribution in [0.1, 0.15) is 126 Å². The minimum atomic E-state index is -0.0946. The van der Waals surface area contributed by atoms with Crippen molar-refractivity contribution in [1.82, 2.24) is 0 Å². The second kappa shape index (κ2) is 7.76. The van der Waals surface area contributed by atoms with Gasteiger partial charge in [-0.2, -0.15) is 0 Å². The van der Waals surface area contributed by atoms with Gasteiger partial charge in [0.15, 0.2) is 0 Å². The molecule has 0 aromatic heterocycles. The molecule has 10 unspecified atom stereocenters. The minimum absolute atomic E-state index is 0.0946. The van der Waals surface area contributed by atoms with Crippen LogP contribution in [0.25, 0.3) is 0 Å². The highest BCUT2D eigenvalue weighted by Gasteiger charge is 2.82. The van der Waals surface area contributed by atoms with Crippen LogP contribution in [0.5, 0.6) is 0 Å². The van der Waals surface area contributed by atoms with Crippen LogP contribution in [-0.2, 0) is 14.3 Å². The van der Waals surface area contributed by atoms with E-state index in [1.807, 2.05) is 0 Å². The first-order chi connectivity index (χ1) is 16.8. The zero-order valence-corrected chi connectivity index (χ0v) is 24.7. The molecule has 36 heavy (non-hydrogen) atoms. The van der Waals surface area contributed by atoms with Crippen molar-refractivity contribution in [3.63, 3.8) is 0 Å². The van der Waals surface area contributed by atoms with Gasteiger partial charge >= 0.3 is 5.97 Å². The summed E-state index contributed by atoms with van der Waals surface area (Å²) in [7, 11) is 0. The van der Waals surface area contributed by atoms with Crippen molar-refractivity contribution in [2.75, 3.05) is 6.61 Å². The Labute approximate surface area is 221 Å². The number of esters is 1. The quantitative estimate of drug-likeness (QED) is 0.274. The summed E-state index contributed by atoms with van der Waals surface area (Å²) in [5.74, 6) is 3.83. The first-order valence-corrected chi connectivity index (χ1v) is 15.6. The fraction of sp³-hybridized carbons (Fsp3) is 0.970. The molecule has 3 heteroatoms. The van der Waals surface area contributed by atoms with Gasteiger partial charge in [-0.05, 0) is 122 Å². The molecule has 0 N–H and O–H groups in total. The van der Waals surface area contributed by atoms with Crippen LogP contribution < -0.4 is 0 Å². The van der Waals surface area contributed by atoms with Crippen LogP contribution in [0.15, 0.2) is 0 Å². The van der Waals surface area contributed by atoms with E-state index in [4.69, 9.17) is 9.47 Å². The monoisotopic (exact) mass is 498 g/mol. The number of carbonyl (C=O) groups excluding carboxylic acids is 1. The normalized spacial score (nSPS) is 53.0. The van der Waals surface area contributed by atoms with E-state index in [0.717, 1.165) is 30.8 Å². The second-order valence-electron chi connectivity index (χ2n) is 16.1. The molecule has 204 valence electrons. The summed E-state index contributed by atoms with van der Waals surface area (Å²) in [6, 6.07) is 0. The fourth-order valence-corrected chi connectivity index (χ4v) is 12.2. The van der Waals surface area contributed by atoms with Gasteiger partial charge in [-0.25, -0.2) is 0 Å². The van der Waals surface area contributed by atoms with E-state index in [1.165, 1.54) is 64.2 Å². The molecule has 0 aromatic rings. The van der Waals surface area contributed by atoms with Gasteiger partial charge in [0.25, 0.3) is 0 Å². The van der Waals surface area contributed by atoms with E-state index in [-0.39, 0.29) is 23.1 Å². The van der Waals surface area contributed by atoms with E-state index in [2.05, 4.69) is 48.5 Å². The summed E-state index contributed by atoms with van der Waals surface area (Å²) >= 11 is 0. The average molecular weight is 499 g/mol. The standard InChI is InChI=1S/C33H54O3/c1-21(2)33(20-35-33)16-11-22(3)24-12-14-30(8)26-10-9-25-28(5,6)27(36-23(4)34)13-15-31(25)19-32(26,31)18-17-29(24,30)7/h21-22,24-27H,9-20H2,1-8H3. The van der Waals surface area contributed by atoms with Gasteiger partial charge in [-0.1, -0.05) is 48.5 Å². The van der Waals surface area contributed by atoms with Gasteiger partial charge < -0.3 is 9.47 Å². The number of carbonyl (C=O) groups is 1. The number of rotatable bonds is 6. The zero-order chi connectivity index (χ0) is 25.9. The molecule has 0 bridgehead atoms. The Morgan fingerprint density at radius 2 is 1.56 bits per heavy atom. The third-order valence-corrected chi connectivity index (χ3v) is 14.7. The molecule has 0 aromatic carbocycles. The molecule has 6 rings (SSSR count). The Bertz CT molecular complexity index is 918. The lowest BCUT2D eigenvalue weighted by Gasteiger charge is -2.63. The maximum absolute atomic E-state index is 11.9. The fourth-order valence-electron chi connectivity index (χ4n) is 12.2. The predicted molar refractivity (Wildman–Crippen MR) is 144 cm³/mol. The Morgan fingerprint density at radius 3 is 2.19 bits per heavy atom. The molecule has 10 atom stereocenters. The van der Waals surface area contributed by atoms with Crippen LogP contribution in [-0.4, -0.2) is 24.3 Å². The van der Waals surface area contributed by atoms with E-state index in [0.29, 0.717) is 33.5 Å². The average Bonchev–Trinajstić information content (AvgIpc) is 3.69. The molecule has 0 radical (unpaired) electrons. The third-order valence-electron chi connectivity index (χ3n) is 14.7. The molecule has 3 nitrogen and oxygen atoms in total. The Kier molecular flexibility index (Phi) is 5.54. The van der Waals surface area contributed by atoms with Gasteiger partial charge in [0.05, 0.1) is 12.2 Å². The maximum atomic E-state index is 11.9. The molecule has 1 saturated heterocycles. The van der Waals surface area contributed by atoms with Crippen molar-refractivity contribution in [2.24, 2.45) is 56.7 Å². The minimum Gasteiger partial charge on any atom is -0.462 e. The summed E-state index contributed by atoms with van der Waals surface area (Å²) in [6.45, 7) is 20.2. The van der Waals surface area contributed by atoms with Gasteiger partial charge in [-0.3, -0.25) is 4.79 Å². The van der Waals surface area contributed by atoms with E-state index >= 15 is 0 Å².